The van der Waals surface area contributed by atoms with Gasteiger partial charge >= 0.3 is 0 Å². The van der Waals surface area contributed by atoms with Crippen LogP contribution in [0.5, 0.6) is 0 Å². The molecule has 1 aliphatic rings. The Bertz CT molecular complexity index is 255. The van der Waals surface area contributed by atoms with Gasteiger partial charge in [-0.1, -0.05) is 0 Å². The maximum atomic E-state index is 4.10. The van der Waals surface area contributed by atoms with Crippen LogP contribution in [0.25, 0.3) is 0 Å². The van der Waals surface area contributed by atoms with Gasteiger partial charge in [0.25, 0.3) is 0 Å². The van der Waals surface area contributed by atoms with E-state index in [0.717, 1.165) is 13.0 Å². The predicted octanol–water partition coefficient (Wildman–Crippen LogP) is 1.98. The van der Waals surface area contributed by atoms with Gasteiger partial charge in [-0.3, -0.25) is 4.98 Å². The molecule has 3 nitrogen and oxygen atoms in total. The lowest BCUT2D eigenvalue weighted by molar-refractivity contribution is 0.740. The van der Waals surface area contributed by atoms with Crippen molar-refractivity contribution in [2.75, 3.05) is 6.54 Å². The monoisotopic (exact) mass is 147 g/mol. The van der Waals surface area contributed by atoms with E-state index in [0.29, 0.717) is 0 Å². The standard InChI is InChI=1S/C8H9N3/c1-4-9-5-2-7(1)8-3-6-10-11-8/h1-2,4-5,8H,3,6H2. The summed E-state index contributed by atoms with van der Waals surface area (Å²) < 4.78 is 0. The Kier molecular flexibility index (Phi) is 1.63. The van der Waals surface area contributed by atoms with Gasteiger partial charge in [-0.05, 0) is 24.1 Å². The van der Waals surface area contributed by atoms with Gasteiger partial charge in [-0.2, -0.15) is 10.2 Å². The summed E-state index contributed by atoms with van der Waals surface area (Å²) in [6.07, 6.45) is 4.64. The molecule has 11 heavy (non-hydrogen) atoms. The van der Waals surface area contributed by atoms with Gasteiger partial charge in [0, 0.05) is 12.4 Å². The molecule has 56 valence electrons. The van der Waals surface area contributed by atoms with Gasteiger partial charge in [0.1, 0.15) is 0 Å². The highest BCUT2D eigenvalue weighted by Crippen LogP contribution is 2.24. The highest BCUT2D eigenvalue weighted by atomic mass is 15.2. The van der Waals surface area contributed by atoms with Crippen molar-refractivity contribution in [3.8, 4) is 0 Å². The van der Waals surface area contributed by atoms with Crippen LogP contribution in [-0.2, 0) is 0 Å². The lowest BCUT2D eigenvalue weighted by Gasteiger charge is -2.02. The number of azo groups is 1. The summed E-state index contributed by atoms with van der Waals surface area (Å²) in [4.78, 5) is 3.94. The highest BCUT2D eigenvalue weighted by molar-refractivity contribution is 5.15. The predicted molar refractivity (Wildman–Crippen MR) is 41.3 cm³/mol. The number of nitrogens with zero attached hydrogens (tertiary/aromatic N) is 3. The van der Waals surface area contributed by atoms with Crippen LogP contribution in [0, 0.1) is 0 Å². The average Bonchev–Trinajstić information content (AvgIpc) is 2.58. The van der Waals surface area contributed by atoms with Crippen LogP contribution < -0.4 is 0 Å². The molecule has 0 aliphatic carbocycles. The Morgan fingerprint density at radius 1 is 1.27 bits per heavy atom. The molecule has 0 aromatic carbocycles. The van der Waals surface area contributed by atoms with Crippen molar-refractivity contribution < 1.29 is 0 Å². The van der Waals surface area contributed by atoms with E-state index in [1.807, 2.05) is 12.1 Å². The third kappa shape index (κ3) is 1.27. The zero-order chi connectivity index (χ0) is 7.52. The molecule has 3 heteroatoms. The Morgan fingerprint density at radius 3 is 2.73 bits per heavy atom. The van der Waals surface area contributed by atoms with Crippen LogP contribution >= 0.6 is 0 Å². The molecule has 0 fully saturated rings. The Labute approximate surface area is 65.2 Å². The van der Waals surface area contributed by atoms with E-state index in [1.54, 1.807) is 12.4 Å². The number of pyridine rings is 1. The minimum atomic E-state index is 0.290. The maximum Gasteiger partial charge on any atom is 0.0977 e. The second kappa shape index (κ2) is 2.78. The average molecular weight is 147 g/mol. The number of hydrogen-bond donors (Lipinski definition) is 0. The van der Waals surface area contributed by atoms with Crippen LogP contribution in [0.1, 0.15) is 18.0 Å². The van der Waals surface area contributed by atoms with Gasteiger partial charge in [-0.25, -0.2) is 0 Å². The second-order valence-corrected chi connectivity index (χ2v) is 2.57. The molecule has 0 saturated heterocycles. The smallest absolute Gasteiger partial charge is 0.0977 e. The fraction of sp³-hybridized carbons (Fsp3) is 0.375. The fourth-order valence-electron chi connectivity index (χ4n) is 1.21. The minimum Gasteiger partial charge on any atom is -0.265 e. The molecule has 0 spiro atoms. The Hall–Kier alpha value is -1.25. The number of aromatic nitrogens is 1. The Balaban J connectivity index is 2.23. The SMILES string of the molecule is c1cc(C2CCN=N2)ccn1. The Morgan fingerprint density at radius 2 is 2.09 bits per heavy atom. The molecule has 0 amide bonds. The summed E-state index contributed by atoms with van der Waals surface area (Å²) in [5.41, 5.74) is 1.22. The molecule has 1 atom stereocenters. The van der Waals surface area contributed by atoms with Crippen LogP contribution in [0.2, 0.25) is 0 Å². The van der Waals surface area contributed by atoms with Gasteiger partial charge < -0.3 is 0 Å². The van der Waals surface area contributed by atoms with Crippen LogP contribution in [0.3, 0.4) is 0 Å². The summed E-state index contributed by atoms with van der Waals surface area (Å²) in [7, 11) is 0. The van der Waals surface area contributed by atoms with Crippen molar-refractivity contribution in [1.82, 2.24) is 4.98 Å². The first kappa shape index (κ1) is 6.46. The first-order valence-electron chi connectivity index (χ1n) is 3.73. The van der Waals surface area contributed by atoms with Gasteiger partial charge in [-0.15, -0.1) is 0 Å². The maximum absolute atomic E-state index is 4.10. The number of hydrogen-bond acceptors (Lipinski definition) is 3. The topological polar surface area (TPSA) is 37.6 Å². The van der Waals surface area contributed by atoms with Crippen molar-refractivity contribution in [1.29, 1.82) is 0 Å². The zero-order valence-corrected chi connectivity index (χ0v) is 6.14. The lowest BCUT2D eigenvalue weighted by Crippen LogP contribution is -1.90. The molecule has 1 unspecified atom stereocenters. The second-order valence-electron chi connectivity index (χ2n) is 2.57. The van der Waals surface area contributed by atoms with E-state index in [-0.39, 0.29) is 6.04 Å². The largest absolute Gasteiger partial charge is 0.265 e. The lowest BCUT2D eigenvalue weighted by atomic mass is 10.1. The molecule has 1 aliphatic heterocycles. The molecule has 1 aromatic rings. The summed E-state index contributed by atoms with van der Waals surface area (Å²) in [5, 5.41) is 8.05. The van der Waals surface area contributed by atoms with Crippen LogP contribution in [-0.4, -0.2) is 11.5 Å². The van der Waals surface area contributed by atoms with Gasteiger partial charge in [0.15, 0.2) is 0 Å². The van der Waals surface area contributed by atoms with E-state index >= 15 is 0 Å². The molecule has 2 rings (SSSR count). The van der Waals surface area contributed by atoms with Crippen molar-refractivity contribution >= 4 is 0 Å². The summed E-state index contributed by atoms with van der Waals surface area (Å²) in [6, 6.07) is 4.28. The van der Waals surface area contributed by atoms with Crippen molar-refractivity contribution in [2.45, 2.75) is 12.5 Å². The van der Waals surface area contributed by atoms with Crippen molar-refractivity contribution in [2.24, 2.45) is 10.2 Å². The quantitative estimate of drug-likeness (QED) is 0.598. The molecule has 0 radical (unpaired) electrons. The van der Waals surface area contributed by atoms with E-state index in [9.17, 15) is 0 Å². The summed E-state index contributed by atoms with van der Waals surface area (Å²) >= 11 is 0. The first-order chi connectivity index (χ1) is 5.47. The van der Waals surface area contributed by atoms with Crippen LogP contribution in [0.4, 0.5) is 0 Å². The number of rotatable bonds is 1. The molecule has 2 heterocycles. The fourth-order valence-corrected chi connectivity index (χ4v) is 1.21. The highest BCUT2D eigenvalue weighted by Gasteiger charge is 2.13. The summed E-state index contributed by atoms with van der Waals surface area (Å²) in [6.45, 7) is 0.868. The van der Waals surface area contributed by atoms with Crippen LogP contribution in [0.15, 0.2) is 34.8 Å². The van der Waals surface area contributed by atoms with E-state index in [2.05, 4.69) is 15.2 Å². The molecular weight excluding hydrogens is 138 g/mol. The molecule has 1 aromatic heterocycles. The van der Waals surface area contributed by atoms with E-state index < -0.39 is 0 Å². The molecule has 0 saturated carbocycles. The minimum absolute atomic E-state index is 0.290. The van der Waals surface area contributed by atoms with Crippen molar-refractivity contribution in [3.05, 3.63) is 30.1 Å². The van der Waals surface area contributed by atoms with Crippen molar-refractivity contribution in [3.63, 3.8) is 0 Å². The van der Waals surface area contributed by atoms with E-state index in [4.69, 9.17) is 0 Å². The normalized spacial score (nSPS) is 22.4. The summed E-state index contributed by atoms with van der Waals surface area (Å²) in [5.74, 6) is 0. The molecular formula is C8H9N3. The third-order valence-corrected chi connectivity index (χ3v) is 1.81. The zero-order valence-electron chi connectivity index (χ0n) is 6.14. The third-order valence-electron chi connectivity index (χ3n) is 1.81. The first-order valence-corrected chi connectivity index (χ1v) is 3.73. The molecule has 0 bridgehead atoms. The molecule has 0 N–H and O–H groups in total. The van der Waals surface area contributed by atoms with Gasteiger partial charge in [0.2, 0.25) is 0 Å². The van der Waals surface area contributed by atoms with Gasteiger partial charge in [0.05, 0.1) is 12.6 Å². The van der Waals surface area contributed by atoms with E-state index in [1.165, 1.54) is 5.56 Å².